The SMILES string of the molecule is C=C(C)CON1C(C)=NNN1C1CCCCO1. The van der Waals surface area contributed by atoms with E-state index in [9.17, 15) is 0 Å². The number of hydrazone groups is 1. The molecule has 6 heteroatoms. The van der Waals surface area contributed by atoms with E-state index in [1.54, 1.807) is 10.3 Å². The fourth-order valence-corrected chi connectivity index (χ4v) is 1.79. The molecule has 0 aromatic heterocycles. The van der Waals surface area contributed by atoms with Crippen LogP contribution in [0, 0.1) is 0 Å². The molecule has 0 spiro atoms. The maximum absolute atomic E-state index is 5.69. The highest BCUT2D eigenvalue weighted by molar-refractivity contribution is 5.78. The first-order valence-corrected chi connectivity index (χ1v) is 5.96. The van der Waals surface area contributed by atoms with Crippen molar-refractivity contribution in [2.75, 3.05) is 13.2 Å². The van der Waals surface area contributed by atoms with Crippen LogP contribution in [-0.4, -0.2) is 35.6 Å². The van der Waals surface area contributed by atoms with Crippen LogP contribution < -0.4 is 5.53 Å². The van der Waals surface area contributed by atoms with Crippen molar-refractivity contribution in [3.05, 3.63) is 12.2 Å². The molecule has 1 atom stereocenters. The van der Waals surface area contributed by atoms with E-state index in [2.05, 4.69) is 17.2 Å². The highest BCUT2D eigenvalue weighted by atomic mass is 16.7. The topological polar surface area (TPSA) is 49.3 Å². The highest BCUT2D eigenvalue weighted by Crippen LogP contribution is 2.20. The zero-order chi connectivity index (χ0) is 12.3. The number of ether oxygens (including phenoxy) is 1. The summed E-state index contributed by atoms with van der Waals surface area (Å²) in [7, 11) is 0. The Labute approximate surface area is 102 Å². The molecule has 0 aromatic carbocycles. The summed E-state index contributed by atoms with van der Waals surface area (Å²) in [6, 6.07) is 0. The Kier molecular flexibility index (Phi) is 3.98. The van der Waals surface area contributed by atoms with Crippen molar-refractivity contribution in [2.24, 2.45) is 5.10 Å². The first-order chi connectivity index (χ1) is 8.18. The van der Waals surface area contributed by atoms with Crippen molar-refractivity contribution in [1.82, 2.24) is 15.8 Å². The molecule has 17 heavy (non-hydrogen) atoms. The summed E-state index contributed by atoms with van der Waals surface area (Å²) in [6.45, 7) is 8.89. The average molecular weight is 240 g/mol. The zero-order valence-corrected chi connectivity index (χ0v) is 10.5. The largest absolute Gasteiger partial charge is 0.359 e. The molecule has 96 valence electrons. The van der Waals surface area contributed by atoms with Crippen molar-refractivity contribution in [2.45, 2.75) is 39.3 Å². The standard InChI is InChI=1S/C11H20N4O2/c1-9(2)8-17-15-10(3)12-13-14(15)11-6-4-5-7-16-11/h11,13H,1,4-8H2,2-3H3. The molecule has 1 saturated heterocycles. The molecule has 2 heterocycles. The van der Waals surface area contributed by atoms with Crippen LogP contribution in [0.25, 0.3) is 0 Å². The van der Waals surface area contributed by atoms with Gasteiger partial charge in [0.15, 0.2) is 12.1 Å². The third-order valence-electron chi connectivity index (χ3n) is 2.65. The van der Waals surface area contributed by atoms with E-state index in [1.807, 2.05) is 13.8 Å². The number of hydrogen-bond donors (Lipinski definition) is 1. The Hall–Kier alpha value is -1.11. The number of hydrogen-bond acceptors (Lipinski definition) is 6. The van der Waals surface area contributed by atoms with Gasteiger partial charge in [-0.05, 0) is 33.1 Å². The van der Waals surface area contributed by atoms with Gasteiger partial charge in [-0.15, -0.1) is 10.3 Å². The third-order valence-corrected chi connectivity index (χ3v) is 2.65. The predicted octanol–water partition coefficient (Wildman–Crippen LogP) is 1.39. The molecular weight excluding hydrogens is 220 g/mol. The van der Waals surface area contributed by atoms with E-state index in [-0.39, 0.29) is 6.23 Å². The Balaban J connectivity index is 1.94. The molecule has 0 amide bonds. The van der Waals surface area contributed by atoms with Crippen LogP contribution in [0.5, 0.6) is 0 Å². The van der Waals surface area contributed by atoms with Crippen molar-refractivity contribution < 1.29 is 9.57 Å². The summed E-state index contributed by atoms with van der Waals surface area (Å²) >= 11 is 0. The van der Waals surface area contributed by atoms with Gasteiger partial charge in [0, 0.05) is 6.61 Å². The van der Waals surface area contributed by atoms with Crippen LogP contribution in [0.3, 0.4) is 0 Å². The van der Waals surface area contributed by atoms with Gasteiger partial charge in [0.1, 0.15) is 0 Å². The van der Waals surface area contributed by atoms with Crippen LogP contribution >= 0.6 is 0 Å². The molecule has 0 aromatic rings. The minimum absolute atomic E-state index is 0.0185. The number of rotatable bonds is 4. The minimum Gasteiger partial charge on any atom is -0.359 e. The molecule has 0 saturated carbocycles. The van der Waals surface area contributed by atoms with Crippen molar-refractivity contribution in [3.63, 3.8) is 0 Å². The smallest absolute Gasteiger partial charge is 0.168 e. The van der Waals surface area contributed by atoms with Crippen LogP contribution in [0.15, 0.2) is 17.3 Å². The lowest BCUT2D eigenvalue weighted by Gasteiger charge is -2.35. The Bertz CT molecular complexity index is 313. The van der Waals surface area contributed by atoms with Gasteiger partial charge in [-0.25, -0.2) is 5.53 Å². The maximum atomic E-state index is 5.69. The summed E-state index contributed by atoms with van der Waals surface area (Å²) in [6.07, 6.45) is 3.24. The van der Waals surface area contributed by atoms with Gasteiger partial charge >= 0.3 is 0 Å². The number of nitrogens with zero attached hydrogens (tertiary/aromatic N) is 3. The van der Waals surface area contributed by atoms with Gasteiger partial charge in [0.25, 0.3) is 0 Å². The Morgan fingerprint density at radius 3 is 3.12 bits per heavy atom. The predicted molar refractivity (Wildman–Crippen MR) is 64.3 cm³/mol. The molecule has 2 aliphatic heterocycles. The van der Waals surface area contributed by atoms with E-state index in [0.29, 0.717) is 6.61 Å². The van der Waals surface area contributed by atoms with E-state index in [4.69, 9.17) is 9.57 Å². The fourth-order valence-electron chi connectivity index (χ4n) is 1.79. The molecule has 1 unspecified atom stereocenters. The van der Waals surface area contributed by atoms with Gasteiger partial charge in [-0.2, -0.15) is 0 Å². The van der Waals surface area contributed by atoms with Gasteiger partial charge in [0.2, 0.25) is 0 Å². The van der Waals surface area contributed by atoms with Gasteiger partial charge in [-0.3, -0.25) is 4.84 Å². The van der Waals surface area contributed by atoms with Crippen LogP contribution in [0.2, 0.25) is 0 Å². The second-order valence-corrected chi connectivity index (χ2v) is 4.43. The molecular formula is C11H20N4O2. The van der Waals surface area contributed by atoms with E-state index in [0.717, 1.165) is 37.3 Å². The lowest BCUT2D eigenvalue weighted by molar-refractivity contribution is -0.293. The number of hydroxylamine groups is 1. The molecule has 0 radical (unpaired) electrons. The van der Waals surface area contributed by atoms with E-state index in [1.165, 1.54) is 0 Å². The number of nitrogens with one attached hydrogen (secondary N) is 1. The van der Waals surface area contributed by atoms with Gasteiger partial charge in [-0.1, -0.05) is 17.3 Å². The Morgan fingerprint density at radius 2 is 2.47 bits per heavy atom. The average Bonchev–Trinajstić information content (AvgIpc) is 2.69. The molecule has 0 aliphatic carbocycles. The van der Waals surface area contributed by atoms with Crippen molar-refractivity contribution >= 4 is 5.84 Å². The monoisotopic (exact) mass is 240 g/mol. The summed E-state index contributed by atoms with van der Waals surface area (Å²) in [4.78, 5) is 5.63. The minimum atomic E-state index is -0.0185. The molecule has 0 bridgehead atoms. The van der Waals surface area contributed by atoms with E-state index < -0.39 is 0 Å². The fraction of sp³-hybridized carbons (Fsp3) is 0.727. The lowest BCUT2D eigenvalue weighted by Crippen LogP contribution is -2.53. The van der Waals surface area contributed by atoms with Gasteiger partial charge < -0.3 is 4.74 Å². The maximum Gasteiger partial charge on any atom is 0.168 e. The molecule has 2 aliphatic rings. The summed E-state index contributed by atoms with van der Waals surface area (Å²) in [5.41, 5.74) is 3.88. The van der Waals surface area contributed by atoms with Crippen molar-refractivity contribution in [3.8, 4) is 0 Å². The number of hydrazine groups is 2. The molecule has 2 rings (SSSR count). The molecule has 1 N–H and O–H groups in total. The van der Waals surface area contributed by atoms with Crippen molar-refractivity contribution in [1.29, 1.82) is 0 Å². The first kappa shape index (κ1) is 12.3. The summed E-state index contributed by atoms with van der Waals surface area (Å²) in [5.74, 6) is 0.764. The second-order valence-electron chi connectivity index (χ2n) is 4.43. The van der Waals surface area contributed by atoms with Crippen LogP contribution in [0.1, 0.15) is 33.1 Å². The molecule has 6 nitrogen and oxygen atoms in total. The van der Waals surface area contributed by atoms with Gasteiger partial charge in [0.05, 0.1) is 6.61 Å². The quantitative estimate of drug-likeness (QED) is 0.753. The highest BCUT2D eigenvalue weighted by Gasteiger charge is 2.32. The van der Waals surface area contributed by atoms with E-state index >= 15 is 0 Å². The summed E-state index contributed by atoms with van der Waals surface area (Å²) in [5, 5.41) is 7.57. The zero-order valence-electron chi connectivity index (χ0n) is 10.5. The van der Waals surface area contributed by atoms with Crippen LogP contribution in [-0.2, 0) is 9.57 Å². The van der Waals surface area contributed by atoms with Crippen LogP contribution in [0.4, 0.5) is 0 Å². The summed E-state index contributed by atoms with van der Waals surface area (Å²) < 4.78 is 5.69. The lowest BCUT2D eigenvalue weighted by atomic mass is 10.2. The third kappa shape index (κ3) is 2.96. The second kappa shape index (κ2) is 5.48. The number of amidine groups is 1. The Morgan fingerprint density at radius 1 is 1.65 bits per heavy atom. The molecule has 1 fully saturated rings. The first-order valence-electron chi connectivity index (χ1n) is 5.96. The normalized spacial score (nSPS) is 25.6.